The van der Waals surface area contributed by atoms with Crippen molar-refractivity contribution in [3.8, 4) is 0 Å². The third-order valence-electron chi connectivity index (χ3n) is 10.5. The van der Waals surface area contributed by atoms with Crippen LogP contribution in [0.1, 0.15) is 213 Å². The van der Waals surface area contributed by atoms with Gasteiger partial charge in [0, 0.05) is 6.42 Å². The Labute approximate surface area is 341 Å². The summed E-state index contributed by atoms with van der Waals surface area (Å²) in [6, 6.07) is -0.796. The first-order valence-corrected chi connectivity index (χ1v) is 24.6. The van der Waals surface area contributed by atoms with Crippen molar-refractivity contribution in [1.29, 1.82) is 0 Å². The number of phosphoric acid groups is 1. The van der Waals surface area contributed by atoms with Gasteiger partial charge in [0.25, 0.3) is 7.82 Å². The van der Waals surface area contributed by atoms with Crippen LogP contribution in [0.25, 0.3) is 0 Å². The number of likely N-dealkylation sites (N-methyl/N-ethyl adjacent to an activating group) is 1. The summed E-state index contributed by atoms with van der Waals surface area (Å²) in [5, 5.41) is 13.9. The van der Waals surface area contributed by atoms with E-state index < -0.39 is 20.0 Å². The first-order valence-electron chi connectivity index (χ1n) is 23.2. The number of aliphatic hydroxyl groups is 1. The maximum atomic E-state index is 12.9. The molecular weight excluding hydrogens is 707 g/mol. The van der Waals surface area contributed by atoms with Crippen molar-refractivity contribution >= 4 is 13.7 Å². The molecule has 3 unspecified atom stereocenters. The third kappa shape index (κ3) is 41.0. The molecule has 8 nitrogen and oxygen atoms in total. The maximum Gasteiger partial charge on any atom is 0.268 e. The summed E-state index contributed by atoms with van der Waals surface area (Å²) in [6.45, 7) is 4.62. The summed E-state index contributed by atoms with van der Waals surface area (Å²) in [6.07, 6.45) is 44.7. The Morgan fingerprint density at radius 3 is 1.60 bits per heavy atom. The van der Waals surface area contributed by atoms with Crippen LogP contribution in [0.5, 0.6) is 0 Å². The first-order chi connectivity index (χ1) is 26.5. The van der Waals surface area contributed by atoms with Crippen LogP contribution in [0.4, 0.5) is 0 Å². The average Bonchev–Trinajstić information content (AvgIpc) is 3.13. The number of hydrogen-bond acceptors (Lipinski definition) is 6. The minimum absolute atomic E-state index is 0.0133. The van der Waals surface area contributed by atoms with Crippen molar-refractivity contribution in [2.24, 2.45) is 0 Å². The molecule has 0 spiro atoms. The molecule has 0 aromatic carbocycles. The van der Waals surface area contributed by atoms with Gasteiger partial charge in [-0.05, 0) is 38.5 Å². The van der Waals surface area contributed by atoms with Gasteiger partial charge < -0.3 is 28.8 Å². The van der Waals surface area contributed by atoms with Gasteiger partial charge in [-0.25, -0.2) is 0 Å². The van der Waals surface area contributed by atoms with E-state index in [4.69, 9.17) is 9.05 Å². The molecule has 326 valence electrons. The summed E-state index contributed by atoms with van der Waals surface area (Å²) >= 11 is 0. The number of nitrogens with zero attached hydrogens (tertiary/aromatic N) is 1. The molecule has 0 fully saturated rings. The number of carbonyl (C=O) groups excluding carboxylic acids is 1. The molecule has 0 heterocycles. The zero-order valence-corrected chi connectivity index (χ0v) is 37.8. The lowest BCUT2D eigenvalue weighted by Crippen LogP contribution is -2.46. The highest BCUT2D eigenvalue weighted by Gasteiger charge is 2.24. The van der Waals surface area contributed by atoms with E-state index in [0.717, 1.165) is 51.4 Å². The standard InChI is InChI=1S/C46H91N2O6P/c1-6-8-10-12-14-16-18-20-21-22-23-24-25-26-27-28-30-32-34-36-38-40-46(50)47-44(43-54-55(51,52)53-42-41-48(3,4)5)45(49)39-37-35-33-31-29-19-17-15-13-11-9-7-2/h8,10,14,16,44-45,49H,6-7,9,11-13,15,17-43H2,1-5H3,(H-,47,50,51,52)/b10-8-,16-14-. The van der Waals surface area contributed by atoms with Crippen LogP contribution in [0.3, 0.4) is 0 Å². The molecule has 0 rings (SSSR count). The Hall–Kier alpha value is -1.02. The fraction of sp³-hybridized carbons (Fsp3) is 0.891. The minimum Gasteiger partial charge on any atom is -0.756 e. The highest BCUT2D eigenvalue weighted by atomic mass is 31.2. The van der Waals surface area contributed by atoms with E-state index in [1.807, 2.05) is 21.1 Å². The predicted molar refractivity (Wildman–Crippen MR) is 233 cm³/mol. The SMILES string of the molecule is CC/C=C\C/C=C\CCCCCCCCCCCCCCCCC(=O)NC(COP(=O)([O-])OCC[N+](C)(C)C)C(O)CCCCCCCCCCCCCC. The van der Waals surface area contributed by atoms with Gasteiger partial charge in [-0.1, -0.05) is 192 Å². The summed E-state index contributed by atoms with van der Waals surface area (Å²) in [5.74, 6) is -0.165. The van der Waals surface area contributed by atoms with Crippen LogP contribution in [-0.4, -0.2) is 68.5 Å². The van der Waals surface area contributed by atoms with Gasteiger partial charge in [0.2, 0.25) is 5.91 Å². The lowest BCUT2D eigenvalue weighted by molar-refractivity contribution is -0.870. The van der Waals surface area contributed by atoms with E-state index in [9.17, 15) is 19.4 Å². The van der Waals surface area contributed by atoms with Gasteiger partial charge in [0.1, 0.15) is 13.2 Å². The smallest absolute Gasteiger partial charge is 0.268 e. The predicted octanol–water partition coefficient (Wildman–Crippen LogP) is 12.3. The van der Waals surface area contributed by atoms with E-state index in [1.54, 1.807) is 0 Å². The molecule has 3 atom stereocenters. The van der Waals surface area contributed by atoms with Gasteiger partial charge in [-0.3, -0.25) is 9.36 Å². The van der Waals surface area contributed by atoms with Gasteiger partial charge in [0.15, 0.2) is 0 Å². The topological polar surface area (TPSA) is 108 Å². The molecule has 0 aliphatic carbocycles. The Kier molecular flexibility index (Phi) is 37.8. The van der Waals surface area contributed by atoms with Gasteiger partial charge >= 0.3 is 0 Å². The van der Waals surface area contributed by atoms with Crippen LogP contribution in [0.2, 0.25) is 0 Å². The second-order valence-corrected chi connectivity index (χ2v) is 18.5. The van der Waals surface area contributed by atoms with Crippen LogP contribution in [-0.2, 0) is 18.4 Å². The molecule has 0 radical (unpaired) electrons. The Morgan fingerprint density at radius 2 is 1.11 bits per heavy atom. The van der Waals surface area contributed by atoms with Gasteiger partial charge in [-0.15, -0.1) is 0 Å². The highest BCUT2D eigenvalue weighted by molar-refractivity contribution is 7.45. The molecular formula is C46H91N2O6P. The summed E-state index contributed by atoms with van der Waals surface area (Å²) < 4.78 is 23.3. The maximum absolute atomic E-state index is 12.9. The van der Waals surface area contributed by atoms with Crippen molar-refractivity contribution < 1.29 is 32.9 Å². The summed E-state index contributed by atoms with van der Waals surface area (Å²) in [5.41, 5.74) is 0. The molecule has 0 aliphatic heterocycles. The number of hydrogen-bond donors (Lipinski definition) is 2. The molecule has 0 saturated heterocycles. The van der Waals surface area contributed by atoms with Crippen LogP contribution in [0.15, 0.2) is 24.3 Å². The Bertz CT molecular complexity index is 953. The number of rotatable bonds is 42. The molecule has 0 bridgehead atoms. The number of phosphoric ester groups is 1. The van der Waals surface area contributed by atoms with Crippen molar-refractivity contribution in [2.45, 2.75) is 225 Å². The third-order valence-corrected chi connectivity index (χ3v) is 11.4. The number of nitrogens with one attached hydrogen (secondary N) is 1. The molecule has 0 aromatic rings. The van der Waals surface area contributed by atoms with E-state index in [2.05, 4.69) is 43.5 Å². The molecule has 0 aliphatic rings. The number of unbranched alkanes of at least 4 members (excludes halogenated alkanes) is 25. The molecule has 9 heteroatoms. The Morgan fingerprint density at radius 1 is 0.655 bits per heavy atom. The van der Waals surface area contributed by atoms with E-state index in [0.29, 0.717) is 23.9 Å². The largest absolute Gasteiger partial charge is 0.756 e. The first kappa shape index (κ1) is 54.0. The zero-order chi connectivity index (χ0) is 40.7. The van der Waals surface area contributed by atoms with E-state index >= 15 is 0 Å². The van der Waals surface area contributed by atoms with E-state index in [1.165, 1.54) is 135 Å². The van der Waals surface area contributed by atoms with E-state index in [-0.39, 0.29) is 19.1 Å². The van der Waals surface area contributed by atoms with Crippen LogP contribution < -0.4 is 10.2 Å². The number of quaternary nitrogens is 1. The van der Waals surface area contributed by atoms with Crippen LogP contribution in [0, 0.1) is 0 Å². The normalized spacial score (nSPS) is 14.5. The molecule has 1 amide bonds. The highest BCUT2D eigenvalue weighted by Crippen LogP contribution is 2.38. The lowest BCUT2D eigenvalue weighted by Gasteiger charge is -2.30. The minimum atomic E-state index is -4.56. The van der Waals surface area contributed by atoms with Gasteiger partial charge in [0.05, 0.1) is 39.9 Å². The fourth-order valence-corrected chi connectivity index (χ4v) is 7.51. The van der Waals surface area contributed by atoms with Crippen molar-refractivity contribution in [3.63, 3.8) is 0 Å². The van der Waals surface area contributed by atoms with Crippen molar-refractivity contribution in [3.05, 3.63) is 24.3 Å². The monoisotopic (exact) mass is 799 g/mol. The Balaban J connectivity index is 4.23. The molecule has 0 saturated carbocycles. The summed E-state index contributed by atoms with van der Waals surface area (Å²) in [4.78, 5) is 25.3. The number of allylic oxidation sites excluding steroid dienone is 4. The number of amides is 1. The van der Waals surface area contributed by atoms with Crippen LogP contribution >= 0.6 is 7.82 Å². The quantitative estimate of drug-likeness (QED) is 0.0276. The molecule has 0 aromatic heterocycles. The summed E-state index contributed by atoms with van der Waals surface area (Å²) in [7, 11) is 1.31. The number of aliphatic hydroxyl groups excluding tert-OH is 1. The van der Waals surface area contributed by atoms with Crippen molar-refractivity contribution in [2.75, 3.05) is 40.9 Å². The molecule has 55 heavy (non-hydrogen) atoms. The second-order valence-electron chi connectivity index (χ2n) is 17.1. The van der Waals surface area contributed by atoms with Crippen molar-refractivity contribution in [1.82, 2.24) is 5.32 Å². The molecule has 2 N–H and O–H groups in total. The second kappa shape index (κ2) is 38.5. The number of carbonyl (C=O) groups is 1. The zero-order valence-electron chi connectivity index (χ0n) is 36.9. The average molecular weight is 799 g/mol. The van der Waals surface area contributed by atoms with Gasteiger partial charge in [-0.2, -0.15) is 0 Å². The fourth-order valence-electron chi connectivity index (χ4n) is 6.78. The lowest BCUT2D eigenvalue weighted by atomic mass is 10.0.